The molecular weight excluding hydrogens is 726 g/mol. The van der Waals surface area contributed by atoms with E-state index >= 15 is 0 Å². The number of methoxy groups -OCH3 is 2. The van der Waals surface area contributed by atoms with Gasteiger partial charge in [-0.1, -0.05) is 87.9 Å². The van der Waals surface area contributed by atoms with E-state index in [-0.39, 0.29) is 17.7 Å². The number of hydrogen-bond acceptors (Lipinski definition) is 7. The van der Waals surface area contributed by atoms with E-state index in [0.29, 0.717) is 32.1 Å². The van der Waals surface area contributed by atoms with E-state index in [1.165, 1.54) is 11.3 Å². The molecule has 10 heteroatoms. The first-order valence-corrected chi connectivity index (χ1v) is 18.0. The highest BCUT2D eigenvalue weighted by atomic mass is 79.9. The quantitative estimate of drug-likeness (QED) is 0.141. The summed E-state index contributed by atoms with van der Waals surface area (Å²) in [5, 5.41) is 0. The summed E-state index contributed by atoms with van der Waals surface area (Å²) in [5.74, 6) is 0.511. The molecule has 0 N–H and O–H groups in total. The molecule has 0 amide bonds. The molecule has 0 aliphatic carbocycles. The smallest absolute Gasteiger partial charge is 0.338 e. The minimum Gasteiger partial charge on any atom is -0.497 e. The van der Waals surface area contributed by atoms with E-state index in [2.05, 4.69) is 63.0 Å². The number of halogens is 1. The summed E-state index contributed by atoms with van der Waals surface area (Å²) in [6, 6.07) is 35.2. The number of carbonyl (C=O) groups is 1. The van der Waals surface area contributed by atoms with Gasteiger partial charge in [0.05, 0.1) is 48.0 Å². The summed E-state index contributed by atoms with van der Waals surface area (Å²) in [6.45, 7) is 3.69. The molecule has 0 saturated carbocycles. The first-order valence-electron chi connectivity index (χ1n) is 16.4. The summed E-state index contributed by atoms with van der Waals surface area (Å²) in [4.78, 5) is 33.5. The molecule has 0 unspecified atom stereocenters. The van der Waals surface area contributed by atoms with Crippen LogP contribution < -0.4 is 24.4 Å². The lowest BCUT2D eigenvalue weighted by atomic mass is 9.95. The van der Waals surface area contributed by atoms with Crippen LogP contribution in [0.3, 0.4) is 0 Å². The molecule has 1 atom stereocenters. The van der Waals surface area contributed by atoms with E-state index in [1.807, 2.05) is 60.7 Å². The molecule has 1 aliphatic rings. The van der Waals surface area contributed by atoms with Crippen LogP contribution in [0.5, 0.6) is 11.5 Å². The number of thiazole rings is 1. The fourth-order valence-electron chi connectivity index (χ4n) is 6.48. The van der Waals surface area contributed by atoms with Crippen LogP contribution in [0.25, 0.3) is 34.3 Å². The van der Waals surface area contributed by atoms with Gasteiger partial charge < -0.3 is 18.8 Å². The Morgan fingerprint density at radius 3 is 2.24 bits per heavy atom. The van der Waals surface area contributed by atoms with Crippen LogP contribution in [0.2, 0.25) is 0 Å². The van der Waals surface area contributed by atoms with Crippen molar-refractivity contribution in [2.75, 3.05) is 20.8 Å². The van der Waals surface area contributed by atoms with Crippen LogP contribution in [-0.2, 0) is 9.53 Å². The predicted molar refractivity (Wildman–Crippen MR) is 204 cm³/mol. The van der Waals surface area contributed by atoms with Crippen molar-refractivity contribution in [1.82, 2.24) is 9.13 Å². The molecule has 0 fully saturated rings. The zero-order chi connectivity index (χ0) is 35.6. The maximum Gasteiger partial charge on any atom is 0.338 e. The molecule has 0 bridgehead atoms. The zero-order valence-electron chi connectivity index (χ0n) is 28.4. The fraction of sp³-hybridized carbons (Fsp3) is 0.146. The molecule has 8 nitrogen and oxygen atoms in total. The number of esters is 1. The van der Waals surface area contributed by atoms with E-state index in [1.54, 1.807) is 44.8 Å². The predicted octanol–water partition coefficient (Wildman–Crippen LogP) is 7.70. The number of nitrogens with zero attached hydrogens (tertiary/aromatic N) is 3. The summed E-state index contributed by atoms with van der Waals surface area (Å²) in [7, 11) is 3.12. The number of ether oxygens (including phenoxy) is 3. The second-order valence-corrected chi connectivity index (χ2v) is 13.7. The lowest BCUT2D eigenvalue weighted by Gasteiger charge is -2.26. The molecule has 0 saturated heterocycles. The summed E-state index contributed by atoms with van der Waals surface area (Å²) in [6.07, 6.45) is 1.93. The average molecular weight is 761 g/mol. The van der Waals surface area contributed by atoms with Gasteiger partial charge in [-0.25, -0.2) is 9.79 Å². The van der Waals surface area contributed by atoms with Crippen LogP contribution in [-0.4, -0.2) is 35.9 Å². The highest BCUT2D eigenvalue weighted by molar-refractivity contribution is 9.10. The number of rotatable bonds is 9. The van der Waals surface area contributed by atoms with Gasteiger partial charge in [0, 0.05) is 27.4 Å². The van der Waals surface area contributed by atoms with Crippen molar-refractivity contribution in [2.24, 2.45) is 4.99 Å². The summed E-state index contributed by atoms with van der Waals surface area (Å²) < 4.78 is 22.0. The van der Waals surface area contributed by atoms with Crippen molar-refractivity contribution in [3.63, 3.8) is 0 Å². The Bertz CT molecular complexity index is 2470. The lowest BCUT2D eigenvalue weighted by Crippen LogP contribution is -2.40. The molecular formula is C41H34BrN3O5S. The van der Waals surface area contributed by atoms with Gasteiger partial charge in [-0.2, -0.15) is 0 Å². The fourth-order valence-corrected chi connectivity index (χ4v) is 7.78. The van der Waals surface area contributed by atoms with Gasteiger partial charge in [-0.15, -0.1) is 0 Å². The number of allylic oxidation sites excluding steroid dienone is 1. The molecule has 256 valence electrons. The van der Waals surface area contributed by atoms with Gasteiger partial charge in [-0.3, -0.25) is 9.36 Å². The monoisotopic (exact) mass is 759 g/mol. The number of aromatic nitrogens is 2. The number of hydrogen-bond donors (Lipinski definition) is 0. The van der Waals surface area contributed by atoms with Gasteiger partial charge >= 0.3 is 5.97 Å². The maximum absolute atomic E-state index is 14.7. The van der Waals surface area contributed by atoms with Crippen molar-refractivity contribution in [3.8, 4) is 39.7 Å². The number of fused-ring (bicyclic) bond motifs is 1. The highest BCUT2D eigenvalue weighted by Gasteiger charge is 2.35. The third-order valence-electron chi connectivity index (χ3n) is 8.77. The Balaban J connectivity index is 1.52. The molecule has 0 spiro atoms. The molecule has 1 aliphatic heterocycles. The average Bonchev–Trinajstić information content (AvgIpc) is 3.68. The van der Waals surface area contributed by atoms with Crippen LogP contribution in [0.15, 0.2) is 135 Å². The first-order chi connectivity index (χ1) is 24.8. The molecule has 0 radical (unpaired) electrons. The van der Waals surface area contributed by atoms with Gasteiger partial charge in [0.2, 0.25) is 0 Å². The van der Waals surface area contributed by atoms with Crippen molar-refractivity contribution >= 4 is 39.3 Å². The summed E-state index contributed by atoms with van der Waals surface area (Å²) >= 11 is 4.87. The summed E-state index contributed by atoms with van der Waals surface area (Å²) in [5.41, 5.74) is 6.82. The second-order valence-electron chi connectivity index (χ2n) is 11.8. The van der Waals surface area contributed by atoms with Crippen molar-refractivity contribution in [2.45, 2.75) is 19.9 Å². The van der Waals surface area contributed by atoms with Gasteiger partial charge in [-0.05, 0) is 73.5 Å². The van der Waals surface area contributed by atoms with Gasteiger partial charge in [0.25, 0.3) is 5.56 Å². The molecule has 6 aromatic rings. The third-order valence-corrected chi connectivity index (χ3v) is 10.3. The van der Waals surface area contributed by atoms with Crippen LogP contribution in [0, 0.1) is 0 Å². The lowest BCUT2D eigenvalue weighted by molar-refractivity contribution is -0.139. The van der Waals surface area contributed by atoms with Gasteiger partial charge in [0.1, 0.15) is 17.5 Å². The minimum absolute atomic E-state index is 0.174. The first kappa shape index (κ1) is 34.0. The minimum atomic E-state index is -0.843. The van der Waals surface area contributed by atoms with E-state index in [4.69, 9.17) is 19.2 Å². The Kier molecular flexibility index (Phi) is 9.62. The topological polar surface area (TPSA) is 84.1 Å². The Morgan fingerprint density at radius 2 is 1.59 bits per heavy atom. The van der Waals surface area contributed by atoms with Gasteiger partial charge in [0.15, 0.2) is 4.80 Å². The number of benzene rings is 4. The van der Waals surface area contributed by atoms with Crippen molar-refractivity contribution in [1.29, 1.82) is 0 Å². The zero-order valence-corrected chi connectivity index (χ0v) is 30.8. The van der Waals surface area contributed by atoms with Crippen LogP contribution in [0.1, 0.15) is 31.0 Å². The molecule has 51 heavy (non-hydrogen) atoms. The van der Waals surface area contributed by atoms with Crippen molar-refractivity contribution < 1.29 is 19.0 Å². The van der Waals surface area contributed by atoms with E-state index in [9.17, 15) is 9.59 Å². The molecule has 3 heterocycles. The highest BCUT2D eigenvalue weighted by Crippen LogP contribution is 2.39. The maximum atomic E-state index is 14.7. The molecule has 7 rings (SSSR count). The van der Waals surface area contributed by atoms with E-state index < -0.39 is 12.0 Å². The standard InChI is InChI=1S/C41H34BrN3O5S/c1-5-50-40(47)36-25(2)43-41-45(38(36)32-21-20-31(48-3)24-34(32)49-4)39(46)35(51-41)23-28-22-33(26-12-8-6-9-13-26)44(30-18-16-29(42)17-19-30)37(28)27-14-10-7-11-15-27/h6-24,38H,5H2,1-4H3/b35-23-/t38-/m1/s1. The Hall–Kier alpha value is -5.45. The normalized spacial score (nSPS) is 14.2. The van der Waals surface area contributed by atoms with Crippen molar-refractivity contribution in [3.05, 3.63) is 156 Å². The van der Waals surface area contributed by atoms with Crippen LogP contribution >= 0.6 is 27.3 Å². The SMILES string of the molecule is CCOC(=O)C1=C(C)N=c2s/c(=C\c3cc(-c4ccccc4)n(-c4ccc(Br)cc4)c3-c3ccccc3)c(=O)n2[C@@H]1c1ccc(OC)cc1OC. The number of carbonyl (C=O) groups excluding carboxylic acids is 1. The molecule has 4 aromatic carbocycles. The third kappa shape index (κ3) is 6.37. The van der Waals surface area contributed by atoms with Crippen LogP contribution in [0.4, 0.5) is 0 Å². The largest absolute Gasteiger partial charge is 0.497 e. The second kappa shape index (κ2) is 14.4. The van der Waals surface area contributed by atoms with E-state index in [0.717, 1.165) is 38.2 Å². The molecule has 2 aromatic heterocycles. The Morgan fingerprint density at radius 1 is 0.902 bits per heavy atom. The Labute approximate surface area is 307 Å².